The first-order valence-corrected chi connectivity index (χ1v) is 8.84. The Balaban J connectivity index is 1.38. The van der Waals surface area contributed by atoms with Crippen LogP contribution >= 0.6 is 0 Å². The van der Waals surface area contributed by atoms with E-state index in [2.05, 4.69) is 22.8 Å². The third-order valence-electron chi connectivity index (χ3n) is 6.52. The van der Waals surface area contributed by atoms with Crippen LogP contribution < -0.4 is 10.6 Å². The second kappa shape index (κ2) is 4.58. The highest BCUT2D eigenvalue weighted by Crippen LogP contribution is 2.55. The van der Waals surface area contributed by atoms with Crippen molar-refractivity contribution in [1.82, 2.24) is 10.6 Å². The summed E-state index contributed by atoms with van der Waals surface area (Å²) in [6.07, 6.45) is 7.91. The minimum atomic E-state index is 0.114. The van der Waals surface area contributed by atoms with Crippen LogP contribution in [0.4, 0.5) is 0 Å². The number of carbonyl (C=O) groups excluding carboxylic acids is 1. The third-order valence-corrected chi connectivity index (χ3v) is 6.52. The molecule has 3 nitrogen and oxygen atoms in total. The van der Waals surface area contributed by atoms with Gasteiger partial charge in [-0.2, -0.15) is 0 Å². The zero-order chi connectivity index (χ0) is 14.7. The zero-order valence-electron chi connectivity index (χ0n) is 13.0. The van der Waals surface area contributed by atoms with Gasteiger partial charge in [-0.1, -0.05) is 6.07 Å². The Hall–Kier alpha value is -1.35. The summed E-state index contributed by atoms with van der Waals surface area (Å²) in [5, 5.41) is 6.82. The van der Waals surface area contributed by atoms with Gasteiger partial charge in [0, 0.05) is 24.2 Å². The molecule has 1 amide bonds. The molecule has 4 bridgehead atoms. The molecule has 3 heteroatoms. The van der Waals surface area contributed by atoms with E-state index in [9.17, 15) is 4.79 Å². The predicted octanol–water partition coefficient (Wildman–Crippen LogP) is 2.99. The van der Waals surface area contributed by atoms with E-state index in [1.54, 1.807) is 0 Å². The highest BCUT2D eigenvalue weighted by atomic mass is 16.1. The lowest BCUT2D eigenvalue weighted by Crippen LogP contribution is -2.59. The van der Waals surface area contributed by atoms with Crippen LogP contribution in [0.15, 0.2) is 18.2 Å². The third kappa shape index (κ3) is 2.02. The Morgan fingerprint density at radius 2 is 1.64 bits per heavy atom. The van der Waals surface area contributed by atoms with E-state index in [0.29, 0.717) is 0 Å². The van der Waals surface area contributed by atoms with Gasteiger partial charge in [-0.15, -0.1) is 0 Å². The highest BCUT2D eigenvalue weighted by molar-refractivity contribution is 5.95. The van der Waals surface area contributed by atoms with Crippen molar-refractivity contribution < 1.29 is 4.79 Å². The van der Waals surface area contributed by atoms with Crippen molar-refractivity contribution in [2.45, 2.75) is 57.2 Å². The molecule has 4 aliphatic carbocycles. The molecule has 1 aromatic carbocycles. The molecule has 5 aliphatic rings. The Morgan fingerprint density at radius 1 is 1.00 bits per heavy atom. The van der Waals surface area contributed by atoms with Crippen molar-refractivity contribution >= 4 is 5.91 Å². The number of carbonyl (C=O) groups is 1. The molecule has 0 saturated heterocycles. The van der Waals surface area contributed by atoms with Gasteiger partial charge in [0.25, 0.3) is 5.91 Å². The molecule has 0 aromatic heterocycles. The van der Waals surface area contributed by atoms with Crippen LogP contribution in [0.3, 0.4) is 0 Å². The van der Waals surface area contributed by atoms with Crippen molar-refractivity contribution in [3.8, 4) is 0 Å². The minimum Gasteiger partial charge on any atom is -0.347 e. The van der Waals surface area contributed by atoms with Crippen molar-refractivity contribution in [3.63, 3.8) is 0 Å². The van der Waals surface area contributed by atoms with Gasteiger partial charge in [0.2, 0.25) is 0 Å². The van der Waals surface area contributed by atoms with Gasteiger partial charge in [-0.3, -0.25) is 4.79 Å². The van der Waals surface area contributed by atoms with E-state index < -0.39 is 0 Å². The Bertz CT molecular complexity index is 601. The van der Waals surface area contributed by atoms with Gasteiger partial charge in [0.15, 0.2) is 0 Å². The molecule has 2 N–H and O–H groups in total. The quantitative estimate of drug-likeness (QED) is 0.881. The average Bonchev–Trinajstić information content (AvgIpc) is 2.92. The van der Waals surface area contributed by atoms with E-state index in [1.165, 1.54) is 49.7 Å². The predicted molar refractivity (Wildman–Crippen MR) is 85.4 cm³/mol. The normalized spacial score (nSPS) is 38.1. The smallest absolute Gasteiger partial charge is 0.251 e. The maximum Gasteiger partial charge on any atom is 0.251 e. The molecule has 0 atom stereocenters. The SMILES string of the molecule is O=C(NC12CC3CC(CC(C3)C1)C2)c1ccc2c(c1)CNC2. The second-order valence-corrected chi connectivity index (χ2v) is 8.24. The molecule has 0 unspecified atom stereocenters. The summed E-state index contributed by atoms with van der Waals surface area (Å²) in [5.41, 5.74) is 3.59. The molecule has 1 heterocycles. The summed E-state index contributed by atoms with van der Waals surface area (Å²) < 4.78 is 0. The van der Waals surface area contributed by atoms with Gasteiger partial charge in [0.1, 0.15) is 0 Å². The van der Waals surface area contributed by atoms with E-state index in [4.69, 9.17) is 0 Å². The van der Waals surface area contributed by atoms with Crippen LogP contribution in [0.1, 0.15) is 60.0 Å². The van der Waals surface area contributed by atoms with Crippen molar-refractivity contribution in [2.75, 3.05) is 0 Å². The molecule has 6 rings (SSSR count). The molecular weight excluding hydrogens is 272 g/mol. The molecule has 1 aromatic rings. The Morgan fingerprint density at radius 3 is 2.32 bits per heavy atom. The Labute approximate surface area is 131 Å². The van der Waals surface area contributed by atoms with Crippen LogP contribution in [0.25, 0.3) is 0 Å². The van der Waals surface area contributed by atoms with E-state index in [0.717, 1.165) is 36.4 Å². The maximum absolute atomic E-state index is 12.8. The fraction of sp³-hybridized carbons (Fsp3) is 0.632. The van der Waals surface area contributed by atoms with Crippen LogP contribution in [-0.2, 0) is 13.1 Å². The average molecular weight is 296 g/mol. The molecular formula is C19H24N2O. The topological polar surface area (TPSA) is 41.1 Å². The molecule has 1 aliphatic heterocycles. The lowest BCUT2D eigenvalue weighted by molar-refractivity contribution is -0.0167. The first-order valence-electron chi connectivity index (χ1n) is 8.84. The number of rotatable bonds is 2. The van der Waals surface area contributed by atoms with E-state index in [-0.39, 0.29) is 11.4 Å². The summed E-state index contributed by atoms with van der Waals surface area (Å²) in [6.45, 7) is 1.83. The fourth-order valence-electron chi connectivity index (χ4n) is 6.01. The number of hydrogen-bond acceptors (Lipinski definition) is 2. The summed E-state index contributed by atoms with van der Waals surface area (Å²) in [5.74, 6) is 2.76. The number of hydrogen-bond donors (Lipinski definition) is 2. The summed E-state index contributed by atoms with van der Waals surface area (Å²) in [4.78, 5) is 12.8. The van der Waals surface area contributed by atoms with Gasteiger partial charge in [-0.05, 0) is 79.5 Å². The maximum atomic E-state index is 12.8. The van der Waals surface area contributed by atoms with Crippen LogP contribution in [0.2, 0.25) is 0 Å². The zero-order valence-corrected chi connectivity index (χ0v) is 13.0. The number of amides is 1. The van der Waals surface area contributed by atoms with Gasteiger partial charge >= 0.3 is 0 Å². The van der Waals surface area contributed by atoms with Crippen LogP contribution in [0.5, 0.6) is 0 Å². The lowest BCUT2D eigenvalue weighted by atomic mass is 9.53. The summed E-state index contributed by atoms with van der Waals surface area (Å²) in [7, 11) is 0. The van der Waals surface area contributed by atoms with Gasteiger partial charge in [0.05, 0.1) is 0 Å². The van der Waals surface area contributed by atoms with Gasteiger partial charge in [-0.25, -0.2) is 0 Å². The number of nitrogens with one attached hydrogen (secondary N) is 2. The number of benzene rings is 1. The van der Waals surface area contributed by atoms with Crippen molar-refractivity contribution in [2.24, 2.45) is 17.8 Å². The first kappa shape index (κ1) is 13.1. The van der Waals surface area contributed by atoms with E-state index >= 15 is 0 Å². The largest absolute Gasteiger partial charge is 0.347 e. The second-order valence-electron chi connectivity index (χ2n) is 8.24. The minimum absolute atomic E-state index is 0.114. The monoisotopic (exact) mass is 296 g/mol. The molecule has 4 saturated carbocycles. The highest BCUT2D eigenvalue weighted by Gasteiger charge is 2.51. The van der Waals surface area contributed by atoms with Gasteiger partial charge < -0.3 is 10.6 Å². The number of fused-ring (bicyclic) bond motifs is 1. The first-order chi connectivity index (χ1) is 10.7. The molecule has 116 valence electrons. The van der Waals surface area contributed by atoms with Crippen molar-refractivity contribution in [1.29, 1.82) is 0 Å². The summed E-state index contributed by atoms with van der Waals surface area (Å²) >= 11 is 0. The lowest BCUT2D eigenvalue weighted by Gasteiger charge is -2.56. The van der Waals surface area contributed by atoms with Crippen LogP contribution in [-0.4, -0.2) is 11.4 Å². The molecule has 22 heavy (non-hydrogen) atoms. The Kier molecular flexibility index (Phi) is 2.73. The van der Waals surface area contributed by atoms with Crippen molar-refractivity contribution in [3.05, 3.63) is 34.9 Å². The fourth-order valence-corrected chi connectivity index (χ4v) is 6.01. The van der Waals surface area contributed by atoms with Crippen LogP contribution in [0, 0.1) is 17.8 Å². The molecule has 4 fully saturated rings. The van der Waals surface area contributed by atoms with E-state index in [1.807, 2.05) is 6.07 Å². The molecule has 0 radical (unpaired) electrons. The summed E-state index contributed by atoms with van der Waals surface area (Å²) in [6, 6.07) is 6.21. The molecule has 0 spiro atoms. The standard InChI is InChI=1S/C19H24N2O/c22-18(15-1-2-16-10-20-11-17(16)6-15)21-19-7-12-3-13(8-19)5-14(4-12)9-19/h1-2,6,12-14,20H,3-5,7-11H2,(H,21,22).